The first kappa shape index (κ1) is 11.9. The van der Waals surface area contributed by atoms with E-state index in [1.54, 1.807) is 19.1 Å². The Morgan fingerprint density at radius 2 is 2.20 bits per heavy atom. The monoisotopic (exact) mass is 224 g/mol. The predicted octanol–water partition coefficient (Wildman–Crippen LogP) is 1.68. The summed E-state index contributed by atoms with van der Waals surface area (Å²) in [4.78, 5) is 0. The van der Waals surface area contributed by atoms with Crippen molar-refractivity contribution in [2.24, 2.45) is 0 Å². The molecule has 1 radical (unpaired) electrons. The molecule has 1 atom stereocenters. The Balaban J connectivity index is 2.74. The molecular formula is C11H14NO2S. The second kappa shape index (κ2) is 4.57. The van der Waals surface area contributed by atoms with Gasteiger partial charge in [-0.1, -0.05) is 24.3 Å². The smallest absolute Gasteiger partial charge is 0.150 e. The van der Waals surface area contributed by atoms with Gasteiger partial charge in [-0.15, -0.1) is 0 Å². The molecule has 0 spiro atoms. The fourth-order valence-corrected chi connectivity index (χ4v) is 1.60. The van der Waals surface area contributed by atoms with Crippen LogP contribution in [0, 0.1) is 11.5 Å². The Labute approximate surface area is 90.6 Å². The molecule has 15 heavy (non-hydrogen) atoms. The lowest BCUT2D eigenvalue weighted by Crippen LogP contribution is -2.20. The molecule has 1 rings (SSSR count). The number of sulfone groups is 1. The summed E-state index contributed by atoms with van der Waals surface area (Å²) < 4.78 is 22.4. The summed E-state index contributed by atoms with van der Waals surface area (Å²) >= 11 is 0. The molecule has 3 nitrogen and oxygen atoms in total. The molecule has 0 bridgehead atoms. The summed E-state index contributed by atoms with van der Waals surface area (Å²) in [7, 11) is -3.06. The zero-order valence-corrected chi connectivity index (χ0v) is 9.64. The molecule has 0 aromatic heterocycles. The van der Waals surface area contributed by atoms with Gasteiger partial charge in [0.25, 0.3) is 0 Å². The second-order valence-corrected chi connectivity index (χ2v) is 6.06. The molecule has 0 fully saturated rings. The van der Waals surface area contributed by atoms with E-state index in [1.165, 1.54) is 6.26 Å². The Hall–Kier alpha value is -1.16. The van der Waals surface area contributed by atoms with Crippen LogP contribution in [0.15, 0.2) is 24.3 Å². The van der Waals surface area contributed by atoms with Gasteiger partial charge in [0, 0.05) is 24.0 Å². The third kappa shape index (κ3) is 3.47. The average molecular weight is 224 g/mol. The maximum Gasteiger partial charge on any atom is 0.150 e. The lowest BCUT2D eigenvalue weighted by atomic mass is 10.1. The highest BCUT2D eigenvalue weighted by molar-refractivity contribution is 7.91. The van der Waals surface area contributed by atoms with Gasteiger partial charge in [-0.3, -0.25) is 0 Å². The van der Waals surface area contributed by atoms with Crippen molar-refractivity contribution in [2.45, 2.75) is 18.6 Å². The first-order valence-corrected chi connectivity index (χ1v) is 6.60. The standard InChI is InChI=1S/C11H14NO2S/c1-9(15(2,13)14)8-11(12)10-6-4-3-5-7-10/h3-6,9,12H,8H2,1-2H3. The molecule has 0 heterocycles. The predicted molar refractivity (Wildman–Crippen MR) is 61.0 cm³/mol. The van der Waals surface area contributed by atoms with Crippen LogP contribution in [0.5, 0.6) is 0 Å². The van der Waals surface area contributed by atoms with Crippen molar-refractivity contribution in [1.29, 1.82) is 5.41 Å². The largest absolute Gasteiger partial charge is 0.305 e. The molecule has 0 aliphatic carbocycles. The van der Waals surface area contributed by atoms with Crippen LogP contribution in [0.25, 0.3) is 0 Å². The molecule has 0 saturated carbocycles. The minimum Gasteiger partial charge on any atom is -0.305 e. The normalized spacial score (nSPS) is 13.5. The number of hydrogen-bond donors (Lipinski definition) is 1. The lowest BCUT2D eigenvalue weighted by molar-refractivity contribution is 0.591. The van der Waals surface area contributed by atoms with Crippen LogP contribution < -0.4 is 0 Å². The molecular weight excluding hydrogens is 210 g/mol. The molecule has 1 aromatic rings. The Morgan fingerprint density at radius 3 is 2.67 bits per heavy atom. The Kier molecular flexibility index (Phi) is 3.63. The summed E-state index contributed by atoms with van der Waals surface area (Å²) in [6.45, 7) is 1.62. The minimum atomic E-state index is -3.06. The van der Waals surface area contributed by atoms with E-state index in [4.69, 9.17) is 5.41 Å². The van der Waals surface area contributed by atoms with Crippen molar-refractivity contribution in [1.82, 2.24) is 0 Å². The fourth-order valence-electron chi connectivity index (χ4n) is 1.13. The molecule has 0 saturated heterocycles. The highest BCUT2D eigenvalue weighted by Crippen LogP contribution is 2.09. The van der Waals surface area contributed by atoms with E-state index in [2.05, 4.69) is 6.07 Å². The highest BCUT2D eigenvalue weighted by atomic mass is 32.2. The minimum absolute atomic E-state index is 0.235. The van der Waals surface area contributed by atoms with Crippen molar-refractivity contribution >= 4 is 15.5 Å². The van der Waals surface area contributed by atoms with E-state index in [0.717, 1.165) is 0 Å². The van der Waals surface area contributed by atoms with Gasteiger partial charge in [0.15, 0.2) is 0 Å². The second-order valence-electron chi connectivity index (χ2n) is 3.60. The third-order valence-electron chi connectivity index (χ3n) is 2.26. The molecule has 4 heteroatoms. The highest BCUT2D eigenvalue weighted by Gasteiger charge is 2.17. The van der Waals surface area contributed by atoms with Gasteiger partial charge in [0.2, 0.25) is 0 Å². The zero-order chi connectivity index (χ0) is 11.5. The van der Waals surface area contributed by atoms with Gasteiger partial charge in [-0.2, -0.15) is 0 Å². The van der Waals surface area contributed by atoms with E-state index in [9.17, 15) is 8.42 Å². The number of nitrogens with one attached hydrogen (secondary N) is 1. The van der Waals surface area contributed by atoms with E-state index >= 15 is 0 Å². The SMILES string of the molecule is CC(CC(=N)c1[c]cccc1)S(C)(=O)=O. The van der Waals surface area contributed by atoms with Crippen LogP contribution in [0.2, 0.25) is 0 Å². The zero-order valence-electron chi connectivity index (χ0n) is 8.82. The van der Waals surface area contributed by atoms with Gasteiger partial charge < -0.3 is 5.41 Å². The molecule has 81 valence electrons. The van der Waals surface area contributed by atoms with Crippen LogP contribution in [0.1, 0.15) is 18.9 Å². The van der Waals surface area contributed by atoms with Crippen molar-refractivity contribution in [2.75, 3.05) is 6.26 Å². The molecule has 1 N–H and O–H groups in total. The average Bonchev–Trinajstić information content (AvgIpc) is 2.17. The van der Waals surface area contributed by atoms with E-state index < -0.39 is 15.1 Å². The van der Waals surface area contributed by atoms with Crippen LogP contribution >= 0.6 is 0 Å². The first-order valence-electron chi connectivity index (χ1n) is 4.64. The van der Waals surface area contributed by atoms with Gasteiger partial charge in [0.1, 0.15) is 9.84 Å². The first-order chi connectivity index (χ1) is 6.91. The summed E-state index contributed by atoms with van der Waals surface area (Å²) in [5.41, 5.74) is 0.974. The molecule has 0 amide bonds. The fraction of sp³-hybridized carbons (Fsp3) is 0.364. The maximum atomic E-state index is 11.2. The van der Waals surface area contributed by atoms with Gasteiger partial charge >= 0.3 is 0 Å². The maximum absolute atomic E-state index is 11.2. The number of benzene rings is 1. The topological polar surface area (TPSA) is 58.0 Å². The molecule has 0 aliphatic rings. The Morgan fingerprint density at radius 1 is 1.53 bits per heavy atom. The van der Waals surface area contributed by atoms with E-state index in [0.29, 0.717) is 11.3 Å². The third-order valence-corrected chi connectivity index (χ3v) is 3.89. The van der Waals surface area contributed by atoms with Gasteiger partial charge in [-0.25, -0.2) is 8.42 Å². The summed E-state index contributed by atoms with van der Waals surface area (Å²) in [5, 5.41) is 7.23. The lowest BCUT2D eigenvalue weighted by Gasteiger charge is -2.09. The van der Waals surface area contributed by atoms with Gasteiger partial charge in [-0.05, 0) is 13.0 Å². The summed E-state index contributed by atoms with van der Waals surface area (Å²) in [6, 6.07) is 10.0. The van der Waals surface area contributed by atoms with Crippen LogP contribution in [-0.4, -0.2) is 25.6 Å². The van der Waals surface area contributed by atoms with Gasteiger partial charge in [0.05, 0.1) is 5.25 Å². The van der Waals surface area contributed by atoms with Crippen LogP contribution in [0.3, 0.4) is 0 Å². The summed E-state index contributed by atoms with van der Waals surface area (Å²) in [5.74, 6) is 0. The van der Waals surface area contributed by atoms with Crippen LogP contribution in [0.4, 0.5) is 0 Å². The van der Waals surface area contributed by atoms with E-state index in [1.807, 2.05) is 12.1 Å². The van der Waals surface area contributed by atoms with Crippen LogP contribution in [-0.2, 0) is 9.84 Å². The number of rotatable bonds is 4. The molecule has 1 aromatic carbocycles. The van der Waals surface area contributed by atoms with Crippen molar-refractivity contribution < 1.29 is 8.42 Å². The van der Waals surface area contributed by atoms with E-state index in [-0.39, 0.29) is 6.42 Å². The van der Waals surface area contributed by atoms with Crippen molar-refractivity contribution in [3.8, 4) is 0 Å². The molecule has 0 aliphatic heterocycles. The van der Waals surface area contributed by atoms with Crippen molar-refractivity contribution in [3.63, 3.8) is 0 Å². The quantitative estimate of drug-likeness (QED) is 0.791. The summed E-state index contributed by atoms with van der Waals surface area (Å²) in [6.07, 6.45) is 1.43. The van der Waals surface area contributed by atoms with Crippen molar-refractivity contribution in [3.05, 3.63) is 35.9 Å². The number of hydrogen-bond acceptors (Lipinski definition) is 3. The molecule has 1 unspecified atom stereocenters. The Bertz CT molecular complexity index is 437.